The van der Waals surface area contributed by atoms with Crippen LogP contribution in [0.2, 0.25) is 0 Å². The molecule has 0 N–H and O–H groups in total. The summed E-state index contributed by atoms with van der Waals surface area (Å²) in [4.78, 5) is 23.2. The first-order chi connectivity index (χ1) is 14.8. The average Bonchev–Trinajstić information content (AvgIpc) is 2.75. The van der Waals surface area contributed by atoms with Gasteiger partial charge in [-0.1, -0.05) is 0 Å². The Morgan fingerprint density at radius 1 is 1.10 bits per heavy atom. The van der Waals surface area contributed by atoms with E-state index in [-0.39, 0.29) is 16.9 Å². The van der Waals surface area contributed by atoms with Crippen molar-refractivity contribution in [1.82, 2.24) is 0 Å². The number of rotatable bonds is 6. The van der Waals surface area contributed by atoms with Crippen LogP contribution in [0.25, 0.3) is 11.1 Å². The Morgan fingerprint density at radius 2 is 1.81 bits per heavy atom. The van der Waals surface area contributed by atoms with E-state index in [4.69, 9.17) is 4.74 Å². The standard InChI is InChI=1S/C22H20N4O5/c1-4-24(5-2)15-6-8-17-14(3)10-21(31-22(17)12-15)19(13-23)18-9-7-16(25(27)28)11-20(18)26(29)30/h6-12H,4-5H2,1-3H3/b21-19+. The smallest absolute Gasteiger partial charge is 0.284 e. The first-order valence-corrected chi connectivity index (χ1v) is 9.63. The van der Waals surface area contributed by atoms with Gasteiger partial charge in [0.25, 0.3) is 11.4 Å². The van der Waals surface area contributed by atoms with E-state index in [0.29, 0.717) is 5.75 Å². The van der Waals surface area contributed by atoms with Crippen molar-refractivity contribution < 1.29 is 14.6 Å². The summed E-state index contributed by atoms with van der Waals surface area (Å²) in [5.41, 5.74) is 1.58. The van der Waals surface area contributed by atoms with Crippen molar-refractivity contribution in [3.8, 4) is 11.8 Å². The summed E-state index contributed by atoms with van der Waals surface area (Å²) in [5.74, 6) is 0.692. The monoisotopic (exact) mass is 420 g/mol. The van der Waals surface area contributed by atoms with Gasteiger partial charge in [-0.3, -0.25) is 20.2 Å². The third-order valence-corrected chi connectivity index (χ3v) is 5.10. The van der Waals surface area contributed by atoms with Crippen molar-refractivity contribution in [3.63, 3.8) is 0 Å². The number of hydrogen-bond acceptors (Lipinski definition) is 7. The van der Waals surface area contributed by atoms with Crippen LogP contribution >= 0.6 is 0 Å². The number of hydrogen-bond donors (Lipinski definition) is 0. The van der Waals surface area contributed by atoms with E-state index in [1.165, 1.54) is 6.07 Å². The number of non-ortho nitro benzene ring substituents is 1. The van der Waals surface area contributed by atoms with Crippen molar-refractivity contribution >= 4 is 28.2 Å². The molecule has 9 nitrogen and oxygen atoms in total. The molecule has 0 radical (unpaired) electrons. The zero-order valence-corrected chi connectivity index (χ0v) is 17.3. The number of nitriles is 1. The number of allylic oxidation sites excluding steroid dienone is 3. The summed E-state index contributed by atoms with van der Waals surface area (Å²) in [6.07, 6.45) is 1.64. The Balaban J connectivity index is 2.16. The number of fused-ring (bicyclic) bond motifs is 1. The van der Waals surface area contributed by atoms with E-state index in [1.807, 2.05) is 45.0 Å². The number of nitro groups is 2. The van der Waals surface area contributed by atoms with Crippen LogP contribution in [0.15, 0.2) is 48.2 Å². The average molecular weight is 420 g/mol. The molecule has 3 rings (SSSR count). The molecule has 31 heavy (non-hydrogen) atoms. The number of benzene rings is 2. The van der Waals surface area contributed by atoms with Gasteiger partial charge in [0.1, 0.15) is 23.2 Å². The zero-order valence-electron chi connectivity index (χ0n) is 17.3. The maximum Gasteiger partial charge on any atom is 0.284 e. The Hall–Kier alpha value is -4.19. The summed E-state index contributed by atoms with van der Waals surface area (Å²) >= 11 is 0. The Labute approximate surface area is 178 Å². The Bertz CT molecular complexity index is 1170. The predicted molar refractivity (Wildman–Crippen MR) is 117 cm³/mol. The predicted octanol–water partition coefficient (Wildman–Crippen LogP) is 5.08. The highest BCUT2D eigenvalue weighted by Crippen LogP contribution is 2.39. The Kier molecular flexibility index (Phi) is 6.02. The molecule has 158 valence electrons. The number of nitrogens with zero attached hydrogens (tertiary/aromatic N) is 4. The van der Waals surface area contributed by atoms with Gasteiger partial charge in [0.05, 0.1) is 21.5 Å². The van der Waals surface area contributed by atoms with Gasteiger partial charge in [0, 0.05) is 36.5 Å². The lowest BCUT2D eigenvalue weighted by Gasteiger charge is -2.25. The summed E-state index contributed by atoms with van der Waals surface area (Å²) in [5, 5.41) is 32.3. The number of anilines is 1. The van der Waals surface area contributed by atoms with Gasteiger partial charge in [0.15, 0.2) is 0 Å². The highest BCUT2D eigenvalue weighted by Gasteiger charge is 2.26. The van der Waals surface area contributed by atoms with Gasteiger partial charge >= 0.3 is 0 Å². The molecule has 0 saturated carbocycles. The fourth-order valence-electron chi connectivity index (χ4n) is 3.50. The zero-order chi connectivity index (χ0) is 22.7. The van der Waals surface area contributed by atoms with Gasteiger partial charge < -0.3 is 9.64 Å². The van der Waals surface area contributed by atoms with Crippen LogP contribution in [0.5, 0.6) is 5.75 Å². The van der Waals surface area contributed by atoms with E-state index in [1.54, 1.807) is 6.08 Å². The third kappa shape index (κ3) is 4.09. The van der Waals surface area contributed by atoms with Crippen LogP contribution < -0.4 is 9.64 Å². The maximum absolute atomic E-state index is 11.5. The largest absolute Gasteiger partial charge is 0.455 e. The third-order valence-electron chi connectivity index (χ3n) is 5.10. The molecule has 1 aliphatic rings. The minimum Gasteiger partial charge on any atom is -0.455 e. The molecule has 0 atom stereocenters. The van der Waals surface area contributed by atoms with Crippen molar-refractivity contribution in [2.75, 3.05) is 18.0 Å². The molecule has 0 amide bonds. The van der Waals surface area contributed by atoms with Gasteiger partial charge in [0.2, 0.25) is 0 Å². The summed E-state index contributed by atoms with van der Waals surface area (Å²) in [7, 11) is 0. The van der Waals surface area contributed by atoms with E-state index < -0.39 is 21.2 Å². The quantitative estimate of drug-likeness (QED) is 0.363. The topological polar surface area (TPSA) is 123 Å². The molecule has 0 spiro atoms. The lowest BCUT2D eigenvalue weighted by atomic mass is 9.98. The normalized spacial score (nSPS) is 13.9. The van der Waals surface area contributed by atoms with E-state index in [0.717, 1.165) is 42.0 Å². The van der Waals surface area contributed by atoms with Crippen LogP contribution in [0.4, 0.5) is 17.1 Å². The molecule has 2 aromatic rings. The number of ether oxygens (including phenoxy) is 1. The fraction of sp³-hybridized carbons (Fsp3) is 0.227. The second-order valence-corrected chi connectivity index (χ2v) is 6.85. The van der Waals surface area contributed by atoms with Crippen LogP contribution in [-0.2, 0) is 0 Å². The summed E-state index contributed by atoms with van der Waals surface area (Å²) in [6, 6.07) is 11.0. The van der Waals surface area contributed by atoms with Crippen molar-refractivity contribution in [3.05, 3.63) is 79.6 Å². The highest BCUT2D eigenvalue weighted by molar-refractivity contribution is 5.88. The Morgan fingerprint density at radius 3 is 2.39 bits per heavy atom. The van der Waals surface area contributed by atoms with Crippen LogP contribution in [0.3, 0.4) is 0 Å². The first kappa shape index (κ1) is 21.5. The second kappa shape index (κ2) is 8.67. The molecule has 0 aromatic heterocycles. The lowest BCUT2D eigenvalue weighted by Crippen LogP contribution is -2.22. The first-order valence-electron chi connectivity index (χ1n) is 9.63. The molecule has 0 fully saturated rings. The molecule has 0 unspecified atom stereocenters. The van der Waals surface area contributed by atoms with Crippen LogP contribution in [-0.4, -0.2) is 22.9 Å². The van der Waals surface area contributed by atoms with Crippen LogP contribution in [0.1, 0.15) is 31.9 Å². The van der Waals surface area contributed by atoms with Gasteiger partial charge in [-0.05, 0) is 50.6 Å². The van der Waals surface area contributed by atoms with Gasteiger partial charge in [-0.15, -0.1) is 0 Å². The minimum absolute atomic E-state index is 0.0412. The van der Waals surface area contributed by atoms with Crippen molar-refractivity contribution in [2.45, 2.75) is 20.8 Å². The summed E-state index contributed by atoms with van der Waals surface area (Å²) < 4.78 is 6.00. The van der Waals surface area contributed by atoms with E-state index in [2.05, 4.69) is 4.90 Å². The SMILES string of the molecule is CCN(CC)c1ccc2c(c1)O/C(=C(\C#N)c1ccc([N+](=O)[O-])cc1[N+](=O)[O-])C=C2C. The van der Waals surface area contributed by atoms with E-state index in [9.17, 15) is 25.5 Å². The molecular weight excluding hydrogens is 400 g/mol. The maximum atomic E-state index is 11.5. The second-order valence-electron chi connectivity index (χ2n) is 6.85. The molecule has 1 aliphatic heterocycles. The molecule has 0 saturated heterocycles. The fourth-order valence-corrected chi connectivity index (χ4v) is 3.50. The molecule has 2 aromatic carbocycles. The summed E-state index contributed by atoms with van der Waals surface area (Å²) in [6.45, 7) is 7.57. The van der Waals surface area contributed by atoms with E-state index >= 15 is 0 Å². The number of nitro benzene ring substituents is 2. The van der Waals surface area contributed by atoms with Crippen LogP contribution in [0, 0.1) is 31.6 Å². The molecule has 9 heteroatoms. The minimum atomic E-state index is -0.744. The van der Waals surface area contributed by atoms with Gasteiger partial charge in [-0.25, -0.2) is 0 Å². The molecule has 0 aliphatic carbocycles. The molecular formula is C22H20N4O5. The van der Waals surface area contributed by atoms with Crippen molar-refractivity contribution in [1.29, 1.82) is 5.26 Å². The highest BCUT2D eigenvalue weighted by atomic mass is 16.6. The lowest BCUT2D eigenvalue weighted by molar-refractivity contribution is -0.394. The van der Waals surface area contributed by atoms with Crippen molar-refractivity contribution in [2.24, 2.45) is 0 Å². The molecule has 1 heterocycles. The van der Waals surface area contributed by atoms with Gasteiger partial charge in [-0.2, -0.15) is 5.26 Å². The molecule has 0 bridgehead atoms.